The van der Waals surface area contributed by atoms with E-state index < -0.39 is 10.0 Å². The first kappa shape index (κ1) is 8.01. The lowest BCUT2D eigenvalue weighted by molar-refractivity contribution is 0.589. The van der Waals surface area contributed by atoms with Crippen LogP contribution in [0.2, 0.25) is 0 Å². The molecule has 1 aliphatic carbocycles. The Morgan fingerprint density at radius 2 is 2.10 bits per heavy atom. The van der Waals surface area contributed by atoms with E-state index in [-0.39, 0.29) is 5.75 Å². The van der Waals surface area contributed by atoms with E-state index in [1.54, 1.807) is 0 Å². The van der Waals surface area contributed by atoms with Gasteiger partial charge in [-0.25, -0.2) is 13.6 Å². The van der Waals surface area contributed by atoms with Gasteiger partial charge in [-0.15, -0.1) is 0 Å². The molecule has 1 rings (SSSR count). The van der Waals surface area contributed by atoms with Crippen molar-refractivity contribution < 1.29 is 8.42 Å². The van der Waals surface area contributed by atoms with Crippen LogP contribution >= 0.6 is 0 Å². The summed E-state index contributed by atoms with van der Waals surface area (Å²) >= 11 is 0. The maximum atomic E-state index is 10.5. The van der Waals surface area contributed by atoms with E-state index in [2.05, 4.69) is 6.92 Å². The van der Waals surface area contributed by atoms with Gasteiger partial charge in [0.05, 0.1) is 5.75 Å². The van der Waals surface area contributed by atoms with Gasteiger partial charge in [0.2, 0.25) is 10.0 Å². The van der Waals surface area contributed by atoms with Gasteiger partial charge in [0, 0.05) is 0 Å². The van der Waals surface area contributed by atoms with E-state index in [0.717, 1.165) is 12.8 Å². The van der Waals surface area contributed by atoms with Crippen LogP contribution in [0, 0.1) is 11.8 Å². The average molecular weight is 163 g/mol. The number of primary sulfonamides is 1. The lowest BCUT2D eigenvalue weighted by Crippen LogP contribution is -2.18. The summed E-state index contributed by atoms with van der Waals surface area (Å²) in [5.41, 5.74) is 0. The Kier molecular flexibility index (Phi) is 2.01. The molecule has 0 saturated heterocycles. The number of nitrogens with two attached hydrogens (primary N) is 1. The molecule has 0 amide bonds. The lowest BCUT2D eigenvalue weighted by Gasteiger charge is -1.93. The average Bonchev–Trinajstić information content (AvgIpc) is 2.42. The Morgan fingerprint density at radius 1 is 1.50 bits per heavy atom. The van der Waals surface area contributed by atoms with Crippen molar-refractivity contribution >= 4 is 10.0 Å². The smallest absolute Gasteiger partial charge is 0.209 e. The van der Waals surface area contributed by atoms with Crippen LogP contribution in [0.4, 0.5) is 0 Å². The Hall–Kier alpha value is -0.0900. The Morgan fingerprint density at radius 3 is 2.40 bits per heavy atom. The third kappa shape index (κ3) is 2.27. The van der Waals surface area contributed by atoms with Gasteiger partial charge >= 0.3 is 0 Å². The zero-order valence-corrected chi connectivity index (χ0v) is 6.89. The molecule has 0 aromatic rings. The van der Waals surface area contributed by atoms with Crippen LogP contribution in [0.1, 0.15) is 19.8 Å². The lowest BCUT2D eigenvalue weighted by atomic mass is 10.3. The number of hydrogen-bond acceptors (Lipinski definition) is 2. The van der Waals surface area contributed by atoms with Crippen molar-refractivity contribution in [1.29, 1.82) is 0 Å². The molecular weight excluding hydrogens is 150 g/mol. The minimum absolute atomic E-state index is 0.186. The van der Waals surface area contributed by atoms with Crippen LogP contribution in [0.25, 0.3) is 0 Å². The minimum Gasteiger partial charge on any atom is -0.229 e. The molecule has 1 aliphatic rings. The van der Waals surface area contributed by atoms with Crippen LogP contribution in [-0.4, -0.2) is 14.2 Å². The van der Waals surface area contributed by atoms with E-state index in [9.17, 15) is 8.42 Å². The number of rotatable bonds is 3. The highest BCUT2D eigenvalue weighted by Gasteiger charge is 2.37. The maximum Gasteiger partial charge on any atom is 0.209 e. The molecule has 1 saturated carbocycles. The highest BCUT2D eigenvalue weighted by molar-refractivity contribution is 7.89. The molecule has 0 unspecified atom stereocenters. The molecule has 0 spiro atoms. The van der Waals surface area contributed by atoms with Gasteiger partial charge in [-0.2, -0.15) is 0 Å². The first-order valence-corrected chi connectivity index (χ1v) is 5.25. The van der Waals surface area contributed by atoms with Gasteiger partial charge in [-0.1, -0.05) is 13.3 Å². The molecule has 0 heterocycles. The summed E-state index contributed by atoms with van der Waals surface area (Å²) in [4.78, 5) is 0. The van der Waals surface area contributed by atoms with Gasteiger partial charge in [0.1, 0.15) is 0 Å². The van der Waals surface area contributed by atoms with E-state index in [1.807, 2.05) is 0 Å². The van der Waals surface area contributed by atoms with E-state index in [0.29, 0.717) is 11.8 Å². The fourth-order valence-corrected chi connectivity index (χ4v) is 2.32. The van der Waals surface area contributed by atoms with E-state index in [1.165, 1.54) is 0 Å². The summed E-state index contributed by atoms with van der Waals surface area (Å²) < 4.78 is 21.0. The molecular formula is C6H13NO2S. The molecule has 0 aromatic heterocycles. The van der Waals surface area contributed by atoms with Crippen molar-refractivity contribution in [2.45, 2.75) is 19.8 Å². The summed E-state index contributed by atoms with van der Waals surface area (Å²) in [5.74, 6) is 1.17. The topological polar surface area (TPSA) is 60.2 Å². The normalized spacial score (nSPS) is 32.2. The van der Waals surface area contributed by atoms with Crippen molar-refractivity contribution in [3.8, 4) is 0 Å². The first-order chi connectivity index (χ1) is 4.53. The highest BCUT2D eigenvalue weighted by Crippen LogP contribution is 2.41. The van der Waals surface area contributed by atoms with Gasteiger partial charge in [-0.05, 0) is 18.3 Å². The molecule has 1 fully saturated rings. The predicted molar refractivity (Wildman–Crippen MR) is 39.9 cm³/mol. The second-order valence-corrected chi connectivity index (χ2v) is 4.65. The fraction of sp³-hybridized carbons (Fsp3) is 1.00. The highest BCUT2D eigenvalue weighted by atomic mass is 32.2. The van der Waals surface area contributed by atoms with Crippen molar-refractivity contribution in [1.82, 2.24) is 0 Å². The molecule has 0 radical (unpaired) electrons. The number of sulfonamides is 1. The second kappa shape index (κ2) is 2.51. The van der Waals surface area contributed by atoms with E-state index in [4.69, 9.17) is 5.14 Å². The Labute approximate surface area is 61.7 Å². The van der Waals surface area contributed by atoms with Crippen molar-refractivity contribution in [3.63, 3.8) is 0 Å². The van der Waals surface area contributed by atoms with Crippen molar-refractivity contribution in [3.05, 3.63) is 0 Å². The third-order valence-electron chi connectivity index (χ3n) is 2.04. The Balaban J connectivity index is 2.31. The van der Waals surface area contributed by atoms with E-state index >= 15 is 0 Å². The monoisotopic (exact) mass is 163 g/mol. The van der Waals surface area contributed by atoms with Gasteiger partial charge in [0.25, 0.3) is 0 Å². The standard InChI is InChI=1S/C6H13NO2S/c1-2-5-3-6(5)4-10(7,8)9/h5-6H,2-4H2,1H3,(H2,7,8,9)/t5-,6+/m1/s1. The minimum atomic E-state index is -3.20. The summed E-state index contributed by atoms with van der Waals surface area (Å²) in [6.45, 7) is 2.08. The SMILES string of the molecule is CC[C@@H]1C[C@H]1CS(N)(=O)=O. The van der Waals surface area contributed by atoms with Gasteiger partial charge in [0.15, 0.2) is 0 Å². The van der Waals surface area contributed by atoms with Crippen molar-refractivity contribution in [2.24, 2.45) is 17.0 Å². The fourth-order valence-electron chi connectivity index (χ4n) is 1.31. The van der Waals surface area contributed by atoms with Gasteiger partial charge < -0.3 is 0 Å². The van der Waals surface area contributed by atoms with Crippen LogP contribution in [0.15, 0.2) is 0 Å². The summed E-state index contributed by atoms with van der Waals surface area (Å²) in [5, 5.41) is 4.87. The molecule has 2 N–H and O–H groups in total. The predicted octanol–water partition coefficient (Wildman–Crippen LogP) is 0.321. The number of hydrogen-bond donors (Lipinski definition) is 1. The second-order valence-electron chi connectivity index (χ2n) is 2.99. The van der Waals surface area contributed by atoms with Crippen molar-refractivity contribution in [2.75, 3.05) is 5.75 Å². The van der Waals surface area contributed by atoms with Crippen LogP contribution in [0.5, 0.6) is 0 Å². The molecule has 0 aromatic carbocycles. The summed E-state index contributed by atoms with van der Waals surface area (Å²) in [6.07, 6.45) is 2.13. The first-order valence-electron chi connectivity index (χ1n) is 3.53. The summed E-state index contributed by atoms with van der Waals surface area (Å²) in [6, 6.07) is 0. The molecule has 0 aliphatic heterocycles. The molecule has 3 nitrogen and oxygen atoms in total. The molecule has 4 heteroatoms. The van der Waals surface area contributed by atoms with Gasteiger partial charge in [-0.3, -0.25) is 0 Å². The van der Waals surface area contributed by atoms with Crippen LogP contribution < -0.4 is 5.14 Å². The molecule has 0 bridgehead atoms. The van der Waals surface area contributed by atoms with Crippen LogP contribution in [0.3, 0.4) is 0 Å². The zero-order valence-electron chi connectivity index (χ0n) is 6.08. The Bertz CT molecular complexity index is 210. The summed E-state index contributed by atoms with van der Waals surface area (Å²) in [7, 11) is -3.20. The maximum absolute atomic E-state index is 10.5. The zero-order chi connectivity index (χ0) is 7.78. The molecule has 2 atom stereocenters. The largest absolute Gasteiger partial charge is 0.229 e. The molecule has 60 valence electrons. The molecule has 10 heavy (non-hydrogen) atoms. The quantitative estimate of drug-likeness (QED) is 0.651. The van der Waals surface area contributed by atoms with Crippen LogP contribution in [-0.2, 0) is 10.0 Å². The third-order valence-corrected chi connectivity index (χ3v) is 2.93.